The largest absolute Gasteiger partial charge is 0.497 e. The van der Waals surface area contributed by atoms with E-state index in [0.717, 1.165) is 28.1 Å². The molecular formula is C27H29N9O3. The molecule has 1 fully saturated rings. The minimum absolute atomic E-state index is 0.174. The molecule has 3 heterocycles. The predicted molar refractivity (Wildman–Crippen MR) is 146 cm³/mol. The fraction of sp³-hybridized carbons (Fsp3) is 0.296. The van der Waals surface area contributed by atoms with Gasteiger partial charge in [-0.1, -0.05) is 41.5 Å². The summed E-state index contributed by atoms with van der Waals surface area (Å²) in [5.41, 5.74) is 12.8. The van der Waals surface area contributed by atoms with Crippen molar-refractivity contribution in [1.29, 1.82) is 0 Å². The molecule has 0 spiro atoms. The fourth-order valence-electron chi connectivity index (χ4n) is 4.72. The van der Waals surface area contributed by atoms with E-state index >= 15 is 0 Å². The van der Waals surface area contributed by atoms with Gasteiger partial charge in [0.2, 0.25) is 0 Å². The highest BCUT2D eigenvalue weighted by Gasteiger charge is 2.30. The maximum absolute atomic E-state index is 12.4. The standard InChI is InChI=1S/C27H29N9O3/c1-38-22-9-5-8-21(14-22)31-26-25-20(10-13-36(25)30-18-29-26)15-35-12-11-23(24(16-35)33-34-28)32-27(37)39-17-19-6-3-2-4-7-19/h2-10,13-14,18,23-24H,11-12,15-17H2,1H3,(H,32,37)(H,29,30,31)/t23-,24?/m1/s1. The molecule has 1 amide bonds. The molecule has 0 saturated carbocycles. The maximum Gasteiger partial charge on any atom is 0.407 e. The average Bonchev–Trinajstić information content (AvgIpc) is 3.38. The lowest BCUT2D eigenvalue weighted by atomic mass is 9.99. The number of fused-ring (bicyclic) bond motifs is 1. The highest BCUT2D eigenvalue weighted by molar-refractivity contribution is 5.76. The summed E-state index contributed by atoms with van der Waals surface area (Å²) in [6.45, 7) is 1.95. The van der Waals surface area contributed by atoms with E-state index in [4.69, 9.17) is 9.47 Å². The summed E-state index contributed by atoms with van der Waals surface area (Å²) in [6.07, 6.45) is 3.48. The SMILES string of the molecule is COc1cccc(Nc2ncnn3ccc(CN4CC[C@@H](NC(=O)OCc5ccccc5)C(N=[N+]=[N-])C4)c23)c1. The molecule has 12 nitrogen and oxygen atoms in total. The Morgan fingerprint density at radius 2 is 2.08 bits per heavy atom. The van der Waals surface area contributed by atoms with Crippen LogP contribution < -0.4 is 15.4 Å². The van der Waals surface area contributed by atoms with Crippen LogP contribution in [0.15, 0.2) is 78.3 Å². The molecule has 200 valence electrons. The van der Waals surface area contributed by atoms with Crippen LogP contribution in [0.2, 0.25) is 0 Å². The van der Waals surface area contributed by atoms with Crippen LogP contribution >= 0.6 is 0 Å². The van der Waals surface area contributed by atoms with Crippen LogP contribution in [-0.4, -0.2) is 57.9 Å². The highest BCUT2D eigenvalue weighted by Crippen LogP contribution is 2.27. The summed E-state index contributed by atoms with van der Waals surface area (Å²) in [6, 6.07) is 18.3. The smallest absolute Gasteiger partial charge is 0.407 e. The first-order valence-corrected chi connectivity index (χ1v) is 12.6. The molecule has 1 aliphatic heterocycles. The number of benzene rings is 2. The Balaban J connectivity index is 1.25. The zero-order valence-corrected chi connectivity index (χ0v) is 21.5. The van der Waals surface area contributed by atoms with E-state index in [1.807, 2.05) is 66.9 Å². The van der Waals surface area contributed by atoms with Gasteiger partial charge in [0.1, 0.15) is 24.2 Å². The van der Waals surface area contributed by atoms with Gasteiger partial charge in [0.15, 0.2) is 5.82 Å². The van der Waals surface area contributed by atoms with Crippen molar-refractivity contribution in [1.82, 2.24) is 24.8 Å². The number of carbonyl (C=O) groups is 1. The van der Waals surface area contributed by atoms with Crippen LogP contribution in [0.25, 0.3) is 16.0 Å². The van der Waals surface area contributed by atoms with Crippen molar-refractivity contribution in [3.63, 3.8) is 0 Å². The summed E-state index contributed by atoms with van der Waals surface area (Å²) in [7, 11) is 1.63. The van der Waals surface area contributed by atoms with Crippen molar-refractivity contribution in [3.05, 3.63) is 94.8 Å². The van der Waals surface area contributed by atoms with E-state index < -0.39 is 12.1 Å². The van der Waals surface area contributed by atoms with Gasteiger partial charge >= 0.3 is 6.09 Å². The third kappa shape index (κ3) is 6.38. The summed E-state index contributed by atoms with van der Waals surface area (Å²) < 4.78 is 12.5. The second-order valence-corrected chi connectivity index (χ2v) is 9.21. The number of aromatic nitrogens is 3. The van der Waals surface area contributed by atoms with E-state index in [9.17, 15) is 10.3 Å². The number of alkyl carbamates (subject to hydrolysis) is 1. The lowest BCUT2D eigenvalue weighted by Gasteiger charge is -2.36. The van der Waals surface area contributed by atoms with Crippen molar-refractivity contribution in [2.24, 2.45) is 5.11 Å². The number of rotatable bonds is 9. The Morgan fingerprint density at radius 1 is 1.21 bits per heavy atom. The zero-order chi connectivity index (χ0) is 27.0. The third-order valence-electron chi connectivity index (χ3n) is 6.65. The number of methoxy groups -OCH3 is 1. The number of hydrogen-bond acceptors (Lipinski definition) is 8. The first kappa shape index (κ1) is 25.8. The molecule has 2 aromatic carbocycles. The first-order valence-electron chi connectivity index (χ1n) is 12.6. The molecule has 0 bridgehead atoms. The average molecular weight is 528 g/mol. The van der Waals surface area contributed by atoms with Crippen LogP contribution in [0.4, 0.5) is 16.3 Å². The van der Waals surface area contributed by atoms with E-state index in [-0.39, 0.29) is 12.6 Å². The van der Waals surface area contributed by atoms with Gasteiger partial charge in [0.25, 0.3) is 0 Å². The molecule has 0 aliphatic carbocycles. The maximum atomic E-state index is 12.4. The molecule has 4 aromatic rings. The minimum Gasteiger partial charge on any atom is -0.497 e. The molecule has 1 saturated heterocycles. The first-order chi connectivity index (χ1) is 19.1. The van der Waals surface area contributed by atoms with Gasteiger partial charge in [-0.2, -0.15) is 5.10 Å². The number of anilines is 2. The van der Waals surface area contributed by atoms with Crippen molar-refractivity contribution in [2.75, 3.05) is 25.5 Å². The van der Waals surface area contributed by atoms with Crippen molar-refractivity contribution < 1.29 is 14.3 Å². The number of azide groups is 1. The normalized spacial score (nSPS) is 17.3. The lowest BCUT2D eigenvalue weighted by molar-refractivity contribution is 0.120. The van der Waals surface area contributed by atoms with E-state index in [0.29, 0.717) is 31.9 Å². The van der Waals surface area contributed by atoms with Crippen LogP contribution in [-0.2, 0) is 17.9 Å². The summed E-state index contributed by atoms with van der Waals surface area (Å²) in [4.78, 5) is 22.1. The number of likely N-dealkylation sites (tertiary alicyclic amines) is 1. The van der Waals surface area contributed by atoms with E-state index in [1.54, 1.807) is 11.6 Å². The predicted octanol–water partition coefficient (Wildman–Crippen LogP) is 4.66. The molecule has 2 N–H and O–H groups in total. The topological polar surface area (TPSA) is 142 Å². The van der Waals surface area contributed by atoms with Gasteiger partial charge in [-0.25, -0.2) is 14.3 Å². The van der Waals surface area contributed by atoms with Crippen LogP contribution in [0.5, 0.6) is 5.75 Å². The quantitative estimate of drug-likeness (QED) is 0.183. The lowest BCUT2D eigenvalue weighted by Crippen LogP contribution is -2.53. The second kappa shape index (κ2) is 12.2. The molecule has 2 aromatic heterocycles. The number of ether oxygens (including phenoxy) is 2. The summed E-state index contributed by atoms with van der Waals surface area (Å²) in [5.74, 6) is 1.41. The van der Waals surface area contributed by atoms with Crippen molar-refractivity contribution >= 4 is 23.1 Å². The van der Waals surface area contributed by atoms with Crippen molar-refractivity contribution in [2.45, 2.75) is 31.7 Å². The van der Waals surface area contributed by atoms with Crippen LogP contribution in [0.1, 0.15) is 17.5 Å². The fourth-order valence-corrected chi connectivity index (χ4v) is 4.72. The van der Waals surface area contributed by atoms with Crippen molar-refractivity contribution in [3.8, 4) is 5.75 Å². The molecule has 39 heavy (non-hydrogen) atoms. The van der Waals surface area contributed by atoms with Crippen LogP contribution in [0, 0.1) is 0 Å². The van der Waals surface area contributed by atoms with Gasteiger partial charge in [-0.3, -0.25) is 4.90 Å². The Bertz CT molecular complexity index is 1470. The number of nitrogens with zero attached hydrogens (tertiary/aromatic N) is 7. The van der Waals surface area contributed by atoms with Gasteiger partial charge in [-0.05, 0) is 41.3 Å². The van der Waals surface area contributed by atoms with Gasteiger partial charge in [0.05, 0.1) is 13.2 Å². The number of carbonyl (C=O) groups excluding carboxylic acids is 1. The molecule has 1 unspecified atom stereocenters. The van der Waals surface area contributed by atoms with E-state index in [2.05, 4.69) is 35.6 Å². The summed E-state index contributed by atoms with van der Waals surface area (Å²) in [5, 5.41) is 14.6. The number of hydrogen-bond donors (Lipinski definition) is 2. The molecule has 12 heteroatoms. The Hall–Kier alpha value is -4.80. The minimum atomic E-state index is -0.528. The van der Waals surface area contributed by atoms with Gasteiger partial charge in [0, 0.05) is 48.5 Å². The Labute approximate surface area is 225 Å². The molecule has 1 aliphatic rings. The molecule has 2 atom stereocenters. The van der Waals surface area contributed by atoms with Gasteiger partial charge < -0.3 is 20.1 Å². The monoisotopic (exact) mass is 527 g/mol. The number of piperidine rings is 1. The third-order valence-corrected chi connectivity index (χ3v) is 6.65. The second-order valence-electron chi connectivity index (χ2n) is 9.21. The van der Waals surface area contributed by atoms with Gasteiger partial charge in [-0.15, -0.1) is 0 Å². The van der Waals surface area contributed by atoms with Crippen LogP contribution in [0.3, 0.4) is 0 Å². The molecule has 0 radical (unpaired) electrons. The van der Waals surface area contributed by atoms with E-state index in [1.165, 1.54) is 6.33 Å². The number of amides is 1. The molecular weight excluding hydrogens is 498 g/mol. The highest BCUT2D eigenvalue weighted by atomic mass is 16.5. The summed E-state index contributed by atoms with van der Waals surface area (Å²) >= 11 is 0. The number of nitrogens with one attached hydrogen (secondary N) is 2. The Kier molecular flexibility index (Phi) is 8.06. The zero-order valence-electron chi connectivity index (χ0n) is 21.5. The Morgan fingerprint density at radius 3 is 2.90 bits per heavy atom. The molecule has 5 rings (SSSR count).